The molecule has 0 heterocycles. The summed E-state index contributed by atoms with van der Waals surface area (Å²) in [4.78, 5) is 11.3. The van der Waals surface area contributed by atoms with Crippen LogP contribution in [0, 0.1) is 0 Å². The van der Waals surface area contributed by atoms with Crippen LogP contribution in [0.15, 0.2) is 53.0 Å². The summed E-state index contributed by atoms with van der Waals surface area (Å²) in [5.74, 6) is -0.235. The summed E-state index contributed by atoms with van der Waals surface area (Å²) < 4.78 is 5.64. The maximum atomic E-state index is 11.3. The van der Waals surface area contributed by atoms with Crippen molar-refractivity contribution in [1.29, 1.82) is 0 Å². The molecule has 2 rings (SSSR count). The standard InChI is InChI=1S/C15H13BrO2/c1-18-14(17)10-12-8-5-9-13(15(12)16)11-6-3-2-4-7-11/h2-9H,10H2,1H3. The number of halogens is 1. The van der Waals surface area contributed by atoms with Gasteiger partial charge in [-0.25, -0.2) is 0 Å². The van der Waals surface area contributed by atoms with Gasteiger partial charge in [0.25, 0.3) is 0 Å². The number of carbonyl (C=O) groups excluding carboxylic acids is 1. The zero-order valence-corrected chi connectivity index (χ0v) is 11.6. The number of rotatable bonds is 3. The summed E-state index contributed by atoms with van der Waals surface area (Å²) >= 11 is 3.57. The summed E-state index contributed by atoms with van der Waals surface area (Å²) in [6, 6.07) is 16.0. The fraction of sp³-hybridized carbons (Fsp3) is 0.133. The highest BCUT2D eigenvalue weighted by Crippen LogP contribution is 2.31. The summed E-state index contributed by atoms with van der Waals surface area (Å²) in [7, 11) is 1.40. The van der Waals surface area contributed by atoms with E-state index in [0.717, 1.165) is 21.2 Å². The molecule has 0 aliphatic carbocycles. The average molecular weight is 305 g/mol. The van der Waals surface area contributed by atoms with E-state index in [-0.39, 0.29) is 12.4 Å². The Morgan fingerprint density at radius 1 is 1.11 bits per heavy atom. The Hall–Kier alpha value is -1.61. The number of hydrogen-bond acceptors (Lipinski definition) is 2. The van der Waals surface area contributed by atoms with E-state index in [1.54, 1.807) is 0 Å². The van der Waals surface area contributed by atoms with Crippen LogP contribution < -0.4 is 0 Å². The molecule has 2 aromatic rings. The lowest BCUT2D eigenvalue weighted by atomic mass is 10.0. The van der Waals surface area contributed by atoms with Crippen molar-refractivity contribution in [1.82, 2.24) is 0 Å². The van der Waals surface area contributed by atoms with Crippen molar-refractivity contribution >= 4 is 21.9 Å². The monoisotopic (exact) mass is 304 g/mol. The molecule has 0 spiro atoms. The quantitative estimate of drug-likeness (QED) is 0.806. The summed E-state index contributed by atoms with van der Waals surface area (Å²) in [6.07, 6.45) is 0.276. The molecule has 2 aromatic carbocycles. The third-order valence-corrected chi connectivity index (χ3v) is 3.66. The molecule has 0 aliphatic heterocycles. The molecule has 2 nitrogen and oxygen atoms in total. The number of methoxy groups -OCH3 is 1. The lowest BCUT2D eigenvalue weighted by molar-refractivity contribution is -0.139. The van der Waals surface area contributed by atoms with E-state index < -0.39 is 0 Å². The number of hydrogen-bond donors (Lipinski definition) is 0. The average Bonchev–Trinajstić information content (AvgIpc) is 2.42. The molecule has 0 fully saturated rings. The molecule has 0 bridgehead atoms. The number of carbonyl (C=O) groups is 1. The van der Waals surface area contributed by atoms with E-state index >= 15 is 0 Å². The maximum Gasteiger partial charge on any atom is 0.310 e. The van der Waals surface area contributed by atoms with Crippen LogP contribution in [0.2, 0.25) is 0 Å². The second-order valence-corrected chi connectivity index (χ2v) is 4.69. The van der Waals surface area contributed by atoms with Crippen LogP contribution in [-0.4, -0.2) is 13.1 Å². The SMILES string of the molecule is COC(=O)Cc1cccc(-c2ccccc2)c1Br. The highest BCUT2D eigenvalue weighted by molar-refractivity contribution is 9.10. The van der Waals surface area contributed by atoms with Gasteiger partial charge in [0.05, 0.1) is 13.5 Å². The van der Waals surface area contributed by atoms with E-state index in [1.165, 1.54) is 7.11 Å². The van der Waals surface area contributed by atoms with E-state index in [9.17, 15) is 4.79 Å². The van der Waals surface area contributed by atoms with Gasteiger partial charge in [-0.1, -0.05) is 48.5 Å². The van der Waals surface area contributed by atoms with Crippen molar-refractivity contribution in [3.05, 3.63) is 58.6 Å². The molecule has 0 aliphatic rings. The normalized spacial score (nSPS) is 10.1. The van der Waals surface area contributed by atoms with Crippen LogP contribution in [0.4, 0.5) is 0 Å². The Morgan fingerprint density at radius 2 is 1.83 bits per heavy atom. The Bertz CT molecular complexity index is 550. The molecule has 0 saturated carbocycles. The van der Waals surface area contributed by atoms with Gasteiger partial charge in [-0.2, -0.15) is 0 Å². The Morgan fingerprint density at radius 3 is 2.50 bits per heavy atom. The first-order chi connectivity index (χ1) is 8.72. The van der Waals surface area contributed by atoms with Crippen molar-refractivity contribution in [3.8, 4) is 11.1 Å². The maximum absolute atomic E-state index is 11.3. The molecule has 0 saturated heterocycles. The van der Waals surface area contributed by atoms with Crippen LogP contribution in [0.5, 0.6) is 0 Å². The molecule has 92 valence electrons. The lowest BCUT2D eigenvalue weighted by Crippen LogP contribution is -2.05. The second kappa shape index (κ2) is 5.83. The zero-order valence-electron chi connectivity index (χ0n) is 10.0. The predicted molar refractivity (Wildman–Crippen MR) is 75.3 cm³/mol. The van der Waals surface area contributed by atoms with Gasteiger partial charge in [0.15, 0.2) is 0 Å². The van der Waals surface area contributed by atoms with E-state index in [0.29, 0.717) is 0 Å². The smallest absolute Gasteiger partial charge is 0.310 e. The van der Waals surface area contributed by atoms with Crippen molar-refractivity contribution < 1.29 is 9.53 Å². The van der Waals surface area contributed by atoms with Crippen LogP contribution in [0.25, 0.3) is 11.1 Å². The topological polar surface area (TPSA) is 26.3 Å². The lowest BCUT2D eigenvalue weighted by Gasteiger charge is -2.09. The van der Waals surface area contributed by atoms with Gasteiger partial charge in [0.2, 0.25) is 0 Å². The van der Waals surface area contributed by atoms with Crippen molar-refractivity contribution in [2.75, 3.05) is 7.11 Å². The van der Waals surface area contributed by atoms with Crippen LogP contribution >= 0.6 is 15.9 Å². The molecule has 3 heteroatoms. The van der Waals surface area contributed by atoms with E-state index in [1.807, 2.05) is 48.5 Å². The molecule has 0 radical (unpaired) electrons. The molecule has 0 amide bonds. The molecular formula is C15H13BrO2. The van der Waals surface area contributed by atoms with Gasteiger partial charge < -0.3 is 4.74 Å². The highest BCUT2D eigenvalue weighted by atomic mass is 79.9. The van der Waals surface area contributed by atoms with Crippen LogP contribution in [0.1, 0.15) is 5.56 Å². The highest BCUT2D eigenvalue weighted by Gasteiger charge is 2.10. The predicted octanol–water partition coefficient (Wildman–Crippen LogP) is 3.83. The van der Waals surface area contributed by atoms with Gasteiger partial charge in [-0.3, -0.25) is 4.79 Å². The molecule has 0 N–H and O–H groups in total. The van der Waals surface area contributed by atoms with Gasteiger partial charge >= 0.3 is 5.97 Å². The largest absolute Gasteiger partial charge is 0.469 e. The van der Waals surface area contributed by atoms with E-state index in [4.69, 9.17) is 4.74 Å². The van der Waals surface area contributed by atoms with Crippen molar-refractivity contribution in [3.63, 3.8) is 0 Å². The van der Waals surface area contributed by atoms with Gasteiger partial charge in [-0.05, 0) is 32.6 Å². The second-order valence-electron chi connectivity index (χ2n) is 3.90. The van der Waals surface area contributed by atoms with Gasteiger partial charge in [0.1, 0.15) is 0 Å². The Labute approximate surface area is 115 Å². The Kier molecular flexibility index (Phi) is 4.15. The minimum Gasteiger partial charge on any atom is -0.469 e. The number of benzene rings is 2. The molecule has 0 atom stereocenters. The molecule has 18 heavy (non-hydrogen) atoms. The minimum atomic E-state index is -0.235. The van der Waals surface area contributed by atoms with Gasteiger partial charge in [0, 0.05) is 4.47 Å². The summed E-state index contributed by atoms with van der Waals surface area (Å²) in [5.41, 5.74) is 3.14. The van der Waals surface area contributed by atoms with Gasteiger partial charge in [-0.15, -0.1) is 0 Å². The van der Waals surface area contributed by atoms with Crippen LogP contribution in [-0.2, 0) is 16.0 Å². The fourth-order valence-electron chi connectivity index (χ4n) is 1.78. The first kappa shape index (κ1) is 12.8. The van der Waals surface area contributed by atoms with Crippen molar-refractivity contribution in [2.24, 2.45) is 0 Å². The van der Waals surface area contributed by atoms with E-state index in [2.05, 4.69) is 15.9 Å². The third kappa shape index (κ3) is 2.79. The number of esters is 1. The summed E-state index contributed by atoms with van der Waals surface area (Å²) in [6.45, 7) is 0. The molecular weight excluding hydrogens is 292 g/mol. The molecule has 0 aromatic heterocycles. The zero-order chi connectivity index (χ0) is 13.0. The fourth-order valence-corrected chi connectivity index (χ4v) is 2.42. The first-order valence-corrected chi connectivity index (χ1v) is 6.41. The summed E-state index contributed by atoms with van der Waals surface area (Å²) in [5, 5.41) is 0. The molecule has 0 unspecified atom stereocenters. The number of ether oxygens (including phenoxy) is 1. The third-order valence-electron chi connectivity index (χ3n) is 2.73. The van der Waals surface area contributed by atoms with Crippen LogP contribution in [0.3, 0.4) is 0 Å². The minimum absolute atomic E-state index is 0.235. The van der Waals surface area contributed by atoms with Crippen molar-refractivity contribution in [2.45, 2.75) is 6.42 Å². The Balaban J connectivity index is 2.39. The first-order valence-electron chi connectivity index (χ1n) is 5.62.